The van der Waals surface area contributed by atoms with Gasteiger partial charge >= 0.3 is 11.8 Å². The Bertz CT molecular complexity index is 750. The molecular weight excluding hydrogens is 391 g/mol. The van der Waals surface area contributed by atoms with Crippen molar-refractivity contribution in [3.63, 3.8) is 0 Å². The lowest BCUT2D eigenvalue weighted by Gasteiger charge is -2.10. The predicted molar refractivity (Wildman–Crippen MR) is 92.6 cm³/mol. The van der Waals surface area contributed by atoms with Gasteiger partial charge in [0.15, 0.2) is 0 Å². The van der Waals surface area contributed by atoms with Crippen LogP contribution in [0.25, 0.3) is 0 Å². The minimum Gasteiger partial charge on any atom is -0.318 e. The molecule has 0 unspecified atom stereocenters. The lowest BCUT2D eigenvalue weighted by molar-refractivity contribution is -0.133. The summed E-state index contributed by atoms with van der Waals surface area (Å²) in [4.78, 5) is 23.9. The van der Waals surface area contributed by atoms with E-state index in [-0.39, 0.29) is 10.7 Å². The first kappa shape index (κ1) is 16.8. The smallest absolute Gasteiger partial charge is 0.314 e. The van der Waals surface area contributed by atoms with Crippen LogP contribution in [-0.4, -0.2) is 11.8 Å². The van der Waals surface area contributed by atoms with Gasteiger partial charge in [0.1, 0.15) is 0 Å². The fraction of sp³-hybridized carbons (Fsp3) is 0.0667. The first-order chi connectivity index (χ1) is 10.4. The number of hydrogen-bond donors (Lipinski definition) is 2. The van der Waals surface area contributed by atoms with Crippen LogP contribution in [0.1, 0.15) is 5.56 Å². The number of anilines is 2. The van der Waals surface area contributed by atoms with E-state index < -0.39 is 11.8 Å². The van der Waals surface area contributed by atoms with Gasteiger partial charge in [-0.1, -0.05) is 45.2 Å². The number of nitrogens with one attached hydrogen (secondary N) is 2. The molecule has 0 aliphatic carbocycles. The fourth-order valence-corrected chi connectivity index (χ4v) is 2.55. The van der Waals surface area contributed by atoms with Crippen molar-refractivity contribution in [1.82, 2.24) is 0 Å². The molecule has 0 aliphatic rings. The van der Waals surface area contributed by atoms with E-state index in [1.807, 2.05) is 13.0 Å². The number of carbonyl (C=O) groups is 2. The highest BCUT2D eigenvalue weighted by Crippen LogP contribution is 2.29. The van der Waals surface area contributed by atoms with E-state index in [0.717, 1.165) is 10.0 Å². The van der Waals surface area contributed by atoms with Gasteiger partial charge in [0.25, 0.3) is 0 Å². The second-order valence-electron chi connectivity index (χ2n) is 4.47. The Morgan fingerprint density at radius 3 is 2.27 bits per heavy atom. The summed E-state index contributed by atoms with van der Waals surface area (Å²) in [6.45, 7) is 1.83. The highest BCUT2D eigenvalue weighted by molar-refractivity contribution is 9.10. The summed E-state index contributed by atoms with van der Waals surface area (Å²) < 4.78 is 0.887. The molecule has 2 N–H and O–H groups in total. The summed E-state index contributed by atoms with van der Waals surface area (Å²) in [5.74, 6) is -1.62. The van der Waals surface area contributed by atoms with Crippen molar-refractivity contribution in [3.8, 4) is 0 Å². The van der Waals surface area contributed by atoms with Gasteiger partial charge in [-0.15, -0.1) is 0 Å². The maximum absolute atomic E-state index is 11.9. The molecule has 0 radical (unpaired) electrons. The molecule has 2 rings (SSSR count). The van der Waals surface area contributed by atoms with Gasteiger partial charge in [0, 0.05) is 10.2 Å². The standard InChI is InChI=1S/C15H11BrCl2N2O2/c1-8-7-9(16)5-6-11(8)19-14(21)15(22)20-12-4-2-3-10(17)13(12)18/h2-7H,1H3,(H,19,21)(H,20,22). The maximum Gasteiger partial charge on any atom is 0.314 e. The van der Waals surface area contributed by atoms with Crippen LogP contribution in [0.2, 0.25) is 10.0 Å². The SMILES string of the molecule is Cc1cc(Br)ccc1NC(=O)C(=O)Nc1cccc(Cl)c1Cl. The largest absolute Gasteiger partial charge is 0.318 e. The number of benzene rings is 2. The van der Waals surface area contributed by atoms with Crippen LogP contribution in [0, 0.1) is 6.92 Å². The van der Waals surface area contributed by atoms with Gasteiger partial charge in [-0.25, -0.2) is 0 Å². The Morgan fingerprint density at radius 2 is 1.64 bits per heavy atom. The zero-order valence-corrected chi connectivity index (χ0v) is 14.5. The fourth-order valence-electron chi connectivity index (χ4n) is 1.73. The molecule has 2 aromatic rings. The van der Waals surface area contributed by atoms with Crippen LogP contribution in [0.15, 0.2) is 40.9 Å². The van der Waals surface area contributed by atoms with Crippen LogP contribution >= 0.6 is 39.1 Å². The molecule has 0 heterocycles. The lowest BCUT2D eigenvalue weighted by atomic mass is 10.2. The van der Waals surface area contributed by atoms with Crippen molar-refractivity contribution in [1.29, 1.82) is 0 Å². The molecule has 0 saturated carbocycles. The molecule has 22 heavy (non-hydrogen) atoms. The van der Waals surface area contributed by atoms with Crippen LogP contribution < -0.4 is 10.6 Å². The second-order valence-corrected chi connectivity index (χ2v) is 6.17. The molecule has 0 aliphatic heterocycles. The molecule has 0 atom stereocenters. The first-order valence-corrected chi connectivity index (χ1v) is 7.76. The summed E-state index contributed by atoms with van der Waals surface area (Å²) in [6, 6.07) is 10.1. The van der Waals surface area contributed by atoms with Gasteiger partial charge in [0.05, 0.1) is 15.7 Å². The molecule has 4 nitrogen and oxygen atoms in total. The Balaban J connectivity index is 2.09. The van der Waals surface area contributed by atoms with E-state index >= 15 is 0 Å². The highest BCUT2D eigenvalue weighted by Gasteiger charge is 2.17. The molecule has 0 saturated heterocycles. The Labute approximate surface area is 145 Å². The van der Waals surface area contributed by atoms with E-state index in [0.29, 0.717) is 10.7 Å². The summed E-state index contributed by atoms with van der Waals surface area (Å²) in [7, 11) is 0. The third-order valence-corrected chi connectivity index (χ3v) is 4.15. The van der Waals surface area contributed by atoms with Crippen molar-refractivity contribution in [2.75, 3.05) is 10.6 Å². The second kappa shape index (κ2) is 7.13. The summed E-state index contributed by atoms with van der Waals surface area (Å²) in [5.41, 5.74) is 1.67. The highest BCUT2D eigenvalue weighted by atomic mass is 79.9. The van der Waals surface area contributed by atoms with Crippen molar-refractivity contribution in [2.45, 2.75) is 6.92 Å². The molecule has 0 bridgehead atoms. The minimum atomic E-state index is -0.827. The number of carbonyl (C=O) groups excluding carboxylic acids is 2. The third-order valence-electron chi connectivity index (χ3n) is 2.84. The number of halogens is 3. The molecule has 0 fully saturated rings. The van der Waals surface area contributed by atoms with Gasteiger partial charge < -0.3 is 10.6 Å². The van der Waals surface area contributed by atoms with E-state index in [9.17, 15) is 9.59 Å². The Morgan fingerprint density at radius 1 is 1.00 bits per heavy atom. The van der Waals surface area contributed by atoms with Gasteiger partial charge in [-0.3, -0.25) is 9.59 Å². The van der Waals surface area contributed by atoms with Crippen molar-refractivity contribution < 1.29 is 9.59 Å². The Hall–Kier alpha value is -1.56. The zero-order chi connectivity index (χ0) is 16.3. The quantitative estimate of drug-likeness (QED) is 0.720. The maximum atomic E-state index is 11.9. The van der Waals surface area contributed by atoms with Crippen LogP contribution in [0.4, 0.5) is 11.4 Å². The zero-order valence-electron chi connectivity index (χ0n) is 11.4. The topological polar surface area (TPSA) is 58.2 Å². The first-order valence-electron chi connectivity index (χ1n) is 6.21. The van der Waals surface area contributed by atoms with Crippen molar-refractivity contribution >= 4 is 62.3 Å². The average Bonchev–Trinajstić information content (AvgIpc) is 2.46. The average molecular weight is 402 g/mol. The van der Waals surface area contributed by atoms with Gasteiger partial charge in [0.2, 0.25) is 0 Å². The summed E-state index contributed by atoms with van der Waals surface area (Å²) in [5, 5.41) is 5.45. The molecule has 0 spiro atoms. The van der Waals surface area contributed by atoms with Crippen LogP contribution in [-0.2, 0) is 9.59 Å². The lowest BCUT2D eigenvalue weighted by Crippen LogP contribution is -2.29. The van der Waals surface area contributed by atoms with Crippen molar-refractivity contribution in [3.05, 3.63) is 56.5 Å². The van der Waals surface area contributed by atoms with Gasteiger partial charge in [-0.2, -0.15) is 0 Å². The van der Waals surface area contributed by atoms with E-state index in [1.165, 1.54) is 0 Å². The molecular formula is C15H11BrCl2N2O2. The van der Waals surface area contributed by atoms with Gasteiger partial charge in [-0.05, 0) is 42.8 Å². The molecule has 2 amide bonds. The van der Waals surface area contributed by atoms with Crippen LogP contribution in [0.3, 0.4) is 0 Å². The predicted octanol–water partition coefficient (Wildman–Crippen LogP) is 4.64. The monoisotopic (exact) mass is 400 g/mol. The minimum absolute atomic E-state index is 0.185. The molecule has 2 aromatic carbocycles. The molecule has 0 aromatic heterocycles. The summed E-state index contributed by atoms with van der Waals surface area (Å²) >= 11 is 15.1. The number of aryl methyl sites for hydroxylation is 1. The normalized spacial score (nSPS) is 10.2. The van der Waals surface area contributed by atoms with Crippen molar-refractivity contribution in [2.24, 2.45) is 0 Å². The molecule has 7 heteroatoms. The third kappa shape index (κ3) is 4.00. The number of amides is 2. The van der Waals surface area contributed by atoms with E-state index in [2.05, 4.69) is 26.6 Å². The summed E-state index contributed by atoms with van der Waals surface area (Å²) in [6.07, 6.45) is 0. The van der Waals surface area contributed by atoms with E-state index in [4.69, 9.17) is 23.2 Å². The number of rotatable bonds is 2. The number of hydrogen-bond acceptors (Lipinski definition) is 2. The van der Waals surface area contributed by atoms with E-state index in [1.54, 1.807) is 30.3 Å². The Kier molecular flexibility index (Phi) is 5.45. The van der Waals surface area contributed by atoms with Crippen LogP contribution in [0.5, 0.6) is 0 Å². The molecule has 114 valence electrons.